The van der Waals surface area contributed by atoms with Crippen LogP contribution in [0.2, 0.25) is 0 Å². The van der Waals surface area contributed by atoms with Crippen molar-refractivity contribution in [1.29, 1.82) is 0 Å². The summed E-state index contributed by atoms with van der Waals surface area (Å²) in [4.78, 5) is 22.0. The van der Waals surface area contributed by atoms with Crippen molar-refractivity contribution in [2.45, 2.75) is 20.4 Å². The molecule has 2 rings (SSSR count). The van der Waals surface area contributed by atoms with Gasteiger partial charge in [-0.25, -0.2) is 4.98 Å². The summed E-state index contributed by atoms with van der Waals surface area (Å²) < 4.78 is 0. The van der Waals surface area contributed by atoms with Crippen LogP contribution < -0.4 is 4.90 Å². The summed E-state index contributed by atoms with van der Waals surface area (Å²) >= 11 is 0. The number of aryl methyl sites for hydroxylation is 1. The van der Waals surface area contributed by atoms with Crippen molar-refractivity contribution in [2.24, 2.45) is 0 Å². The maximum absolute atomic E-state index is 11.2. The van der Waals surface area contributed by atoms with Gasteiger partial charge >= 0.3 is 0 Å². The Labute approximate surface area is 113 Å². The summed E-state index contributed by atoms with van der Waals surface area (Å²) in [6, 6.07) is 9.62. The molecule has 98 valence electrons. The van der Waals surface area contributed by atoms with Crippen molar-refractivity contribution in [1.82, 2.24) is 9.97 Å². The average molecular weight is 255 g/mol. The number of hydrogen-bond acceptors (Lipinski definition) is 4. The number of carbonyl (C=O) groups is 1. The molecule has 0 amide bonds. The molecule has 0 aliphatic heterocycles. The molecule has 0 bridgehead atoms. The van der Waals surface area contributed by atoms with Gasteiger partial charge in [0.15, 0.2) is 5.78 Å². The van der Waals surface area contributed by atoms with Gasteiger partial charge in [-0.3, -0.25) is 9.78 Å². The summed E-state index contributed by atoms with van der Waals surface area (Å²) in [5.74, 6) is 0.857. The fourth-order valence-corrected chi connectivity index (χ4v) is 1.83. The van der Waals surface area contributed by atoms with Gasteiger partial charge in [0.2, 0.25) is 0 Å². The molecule has 2 aromatic heterocycles. The molecule has 0 saturated carbocycles. The van der Waals surface area contributed by atoms with Crippen molar-refractivity contribution in [2.75, 3.05) is 11.9 Å². The molecule has 0 aliphatic rings. The van der Waals surface area contributed by atoms with E-state index in [9.17, 15) is 4.79 Å². The molecule has 0 aromatic carbocycles. The predicted octanol–water partition coefficient (Wildman–Crippen LogP) is 2.62. The van der Waals surface area contributed by atoms with Gasteiger partial charge in [0.25, 0.3) is 0 Å². The molecular weight excluding hydrogens is 238 g/mol. The second-order valence-electron chi connectivity index (χ2n) is 4.59. The Morgan fingerprint density at radius 1 is 1.26 bits per heavy atom. The van der Waals surface area contributed by atoms with Crippen molar-refractivity contribution in [3.63, 3.8) is 0 Å². The van der Waals surface area contributed by atoms with Crippen LogP contribution in [-0.2, 0) is 6.54 Å². The Bertz CT molecular complexity index is 578. The third-order valence-electron chi connectivity index (χ3n) is 2.89. The van der Waals surface area contributed by atoms with Gasteiger partial charge in [-0.05, 0) is 38.1 Å². The molecule has 0 atom stereocenters. The van der Waals surface area contributed by atoms with E-state index < -0.39 is 0 Å². The number of rotatable bonds is 4. The van der Waals surface area contributed by atoms with Crippen LogP contribution >= 0.6 is 0 Å². The molecule has 0 spiro atoms. The van der Waals surface area contributed by atoms with Crippen LogP contribution in [-0.4, -0.2) is 22.8 Å². The lowest BCUT2D eigenvalue weighted by Gasteiger charge is -2.17. The molecule has 19 heavy (non-hydrogen) atoms. The largest absolute Gasteiger partial charge is 0.354 e. The highest BCUT2D eigenvalue weighted by molar-refractivity contribution is 5.93. The highest BCUT2D eigenvalue weighted by Gasteiger charge is 2.06. The smallest absolute Gasteiger partial charge is 0.161 e. The van der Waals surface area contributed by atoms with E-state index in [0.29, 0.717) is 12.1 Å². The first-order chi connectivity index (χ1) is 9.06. The summed E-state index contributed by atoms with van der Waals surface area (Å²) in [6.45, 7) is 4.20. The summed E-state index contributed by atoms with van der Waals surface area (Å²) in [5, 5.41) is 0. The van der Waals surface area contributed by atoms with Gasteiger partial charge < -0.3 is 4.90 Å². The van der Waals surface area contributed by atoms with E-state index in [1.165, 1.54) is 6.92 Å². The summed E-state index contributed by atoms with van der Waals surface area (Å²) in [6.07, 6.45) is 1.61. The van der Waals surface area contributed by atoms with Crippen LogP contribution in [0.1, 0.15) is 28.7 Å². The van der Waals surface area contributed by atoms with Gasteiger partial charge in [-0.1, -0.05) is 6.07 Å². The van der Waals surface area contributed by atoms with Crippen LogP contribution in [0.4, 0.5) is 5.82 Å². The minimum Gasteiger partial charge on any atom is -0.354 e. The molecule has 4 nitrogen and oxygen atoms in total. The highest BCUT2D eigenvalue weighted by atomic mass is 16.1. The zero-order chi connectivity index (χ0) is 13.8. The Balaban J connectivity index is 2.11. The van der Waals surface area contributed by atoms with Gasteiger partial charge in [0, 0.05) is 24.5 Å². The van der Waals surface area contributed by atoms with E-state index in [0.717, 1.165) is 17.2 Å². The van der Waals surface area contributed by atoms with E-state index in [4.69, 9.17) is 0 Å². The summed E-state index contributed by atoms with van der Waals surface area (Å²) in [5.41, 5.74) is 2.64. The van der Waals surface area contributed by atoms with Gasteiger partial charge in [-0.15, -0.1) is 0 Å². The van der Waals surface area contributed by atoms with Crippen LogP contribution in [0, 0.1) is 6.92 Å². The Morgan fingerprint density at radius 2 is 2.05 bits per heavy atom. The molecule has 2 aromatic rings. The maximum atomic E-state index is 11.2. The van der Waals surface area contributed by atoms with Crippen molar-refractivity contribution in [3.05, 3.63) is 53.5 Å². The van der Waals surface area contributed by atoms with Crippen LogP contribution in [0.5, 0.6) is 0 Å². The first-order valence-electron chi connectivity index (χ1n) is 6.17. The third kappa shape index (κ3) is 3.37. The van der Waals surface area contributed by atoms with E-state index in [1.807, 2.05) is 43.1 Å². The first kappa shape index (κ1) is 13.2. The monoisotopic (exact) mass is 255 g/mol. The lowest BCUT2D eigenvalue weighted by molar-refractivity contribution is 0.101. The zero-order valence-electron chi connectivity index (χ0n) is 11.4. The lowest BCUT2D eigenvalue weighted by Crippen LogP contribution is -2.18. The van der Waals surface area contributed by atoms with E-state index >= 15 is 0 Å². The number of carbonyl (C=O) groups excluding carboxylic acids is 1. The van der Waals surface area contributed by atoms with E-state index in [1.54, 1.807) is 12.3 Å². The number of ketones is 1. The molecule has 0 saturated heterocycles. The molecule has 0 fully saturated rings. The van der Waals surface area contributed by atoms with Gasteiger partial charge in [0.05, 0.1) is 12.2 Å². The molecule has 2 heterocycles. The first-order valence-corrected chi connectivity index (χ1v) is 6.17. The average Bonchev–Trinajstić information content (AvgIpc) is 2.39. The Hall–Kier alpha value is -2.23. The quantitative estimate of drug-likeness (QED) is 0.788. The molecule has 4 heteroatoms. The fraction of sp³-hybridized carbons (Fsp3) is 0.267. The topological polar surface area (TPSA) is 46.1 Å². The fourth-order valence-electron chi connectivity index (χ4n) is 1.83. The maximum Gasteiger partial charge on any atom is 0.161 e. The van der Waals surface area contributed by atoms with Gasteiger partial charge in [0.1, 0.15) is 5.82 Å². The van der Waals surface area contributed by atoms with E-state index in [2.05, 4.69) is 9.97 Å². The number of anilines is 1. The highest BCUT2D eigenvalue weighted by Crippen LogP contribution is 2.12. The van der Waals surface area contributed by atoms with Gasteiger partial charge in [-0.2, -0.15) is 0 Å². The molecule has 0 unspecified atom stereocenters. The van der Waals surface area contributed by atoms with Crippen molar-refractivity contribution < 1.29 is 4.79 Å². The van der Waals surface area contributed by atoms with Crippen LogP contribution in [0.25, 0.3) is 0 Å². The van der Waals surface area contributed by atoms with Crippen molar-refractivity contribution in [3.8, 4) is 0 Å². The standard InChI is InChI=1S/C15H17N3O/c1-11-5-4-6-14(17-11)10-18(3)15-8-7-13(9-16-15)12(2)19/h4-9H,10H2,1-3H3. The zero-order valence-corrected chi connectivity index (χ0v) is 11.4. The van der Waals surface area contributed by atoms with Crippen molar-refractivity contribution >= 4 is 11.6 Å². The molecule has 0 N–H and O–H groups in total. The van der Waals surface area contributed by atoms with Crippen LogP contribution in [0.3, 0.4) is 0 Å². The predicted molar refractivity (Wildman–Crippen MR) is 75.3 cm³/mol. The number of aromatic nitrogens is 2. The third-order valence-corrected chi connectivity index (χ3v) is 2.89. The molecule has 0 aliphatic carbocycles. The molecule has 0 radical (unpaired) electrons. The normalized spacial score (nSPS) is 10.3. The second kappa shape index (κ2) is 5.61. The lowest BCUT2D eigenvalue weighted by atomic mass is 10.2. The summed E-state index contributed by atoms with van der Waals surface area (Å²) in [7, 11) is 1.96. The SMILES string of the molecule is CC(=O)c1ccc(N(C)Cc2cccc(C)n2)nc1. The number of nitrogens with zero attached hydrogens (tertiary/aromatic N) is 3. The Morgan fingerprint density at radius 3 is 2.63 bits per heavy atom. The van der Waals surface area contributed by atoms with Crippen LogP contribution in [0.15, 0.2) is 36.5 Å². The minimum absolute atomic E-state index is 0.0297. The minimum atomic E-state index is 0.0297. The van der Waals surface area contributed by atoms with E-state index in [-0.39, 0.29) is 5.78 Å². The number of hydrogen-bond donors (Lipinski definition) is 0. The second-order valence-corrected chi connectivity index (χ2v) is 4.59. The number of pyridine rings is 2. The Kier molecular flexibility index (Phi) is 3.90. The number of Topliss-reactive ketones (excluding diaryl/α,β-unsaturated/α-hetero) is 1. The molecular formula is C15H17N3O.